The minimum absolute atomic E-state index is 0.00505. The Morgan fingerprint density at radius 2 is 1.94 bits per heavy atom. The highest BCUT2D eigenvalue weighted by Crippen LogP contribution is 2.36. The normalized spacial score (nSPS) is 12.2. The van der Waals surface area contributed by atoms with Gasteiger partial charge in [-0.1, -0.05) is 15.9 Å². The van der Waals surface area contributed by atoms with E-state index in [1.54, 1.807) is 0 Å². The minimum Gasteiger partial charge on any atom is -0.250 e. The van der Waals surface area contributed by atoms with Gasteiger partial charge in [0.25, 0.3) is 6.43 Å². The van der Waals surface area contributed by atoms with E-state index in [0.717, 1.165) is 0 Å². The first kappa shape index (κ1) is 14.1. The van der Waals surface area contributed by atoms with E-state index < -0.39 is 23.9 Å². The van der Waals surface area contributed by atoms with Gasteiger partial charge in [0, 0.05) is 8.90 Å². The van der Waals surface area contributed by atoms with E-state index in [1.165, 1.54) is 22.6 Å². The second-order valence-corrected chi connectivity index (χ2v) is 4.43. The molecule has 0 bridgehead atoms. The largest absolute Gasteiger partial charge is 0.417 e. The van der Waals surface area contributed by atoms with Gasteiger partial charge in [0.1, 0.15) is 5.69 Å². The molecule has 1 rings (SSSR count). The third kappa shape index (κ3) is 3.02. The van der Waals surface area contributed by atoms with Crippen molar-refractivity contribution in [2.75, 3.05) is 0 Å². The van der Waals surface area contributed by atoms with Crippen molar-refractivity contribution in [1.29, 1.82) is 0 Å². The second-order valence-electron chi connectivity index (χ2n) is 2.79. The summed E-state index contributed by atoms with van der Waals surface area (Å²) in [5.74, 6) is 0. The van der Waals surface area contributed by atoms with Crippen molar-refractivity contribution < 1.29 is 22.0 Å². The SMILES string of the molecule is FC(F)c1cc(C(F)(F)F)c(I)c(CBr)n1. The van der Waals surface area contributed by atoms with Crippen LogP contribution in [0.25, 0.3) is 0 Å². The van der Waals surface area contributed by atoms with Crippen LogP contribution in [0.15, 0.2) is 6.07 Å². The summed E-state index contributed by atoms with van der Waals surface area (Å²) in [6, 6.07) is 0.387. The van der Waals surface area contributed by atoms with Gasteiger partial charge in [0.15, 0.2) is 0 Å². The van der Waals surface area contributed by atoms with Crippen molar-refractivity contribution >= 4 is 38.5 Å². The summed E-state index contributed by atoms with van der Waals surface area (Å²) in [6.45, 7) is 0. The first-order valence-corrected chi connectivity index (χ1v) is 6.08. The van der Waals surface area contributed by atoms with Crippen LogP contribution in [-0.2, 0) is 11.5 Å². The summed E-state index contributed by atoms with van der Waals surface area (Å²) in [4.78, 5) is 3.46. The number of alkyl halides is 6. The van der Waals surface area contributed by atoms with Crippen molar-refractivity contribution in [2.24, 2.45) is 0 Å². The quantitative estimate of drug-likeness (QED) is 0.392. The van der Waals surface area contributed by atoms with E-state index in [2.05, 4.69) is 20.9 Å². The predicted molar refractivity (Wildman–Crippen MR) is 59.5 cm³/mol. The summed E-state index contributed by atoms with van der Waals surface area (Å²) < 4.78 is 62.1. The number of nitrogens with zero attached hydrogens (tertiary/aromatic N) is 1. The van der Waals surface area contributed by atoms with Gasteiger partial charge in [0.05, 0.1) is 11.3 Å². The zero-order valence-corrected chi connectivity index (χ0v) is 11.2. The Balaban J connectivity index is 3.42. The molecule has 0 unspecified atom stereocenters. The average Bonchev–Trinajstić information content (AvgIpc) is 2.15. The molecule has 0 fully saturated rings. The maximum Gasteiger partial charge on any atom is 0.417 e. The highest BCUT2D eigenvalue weighted by atomic mass is 127. The van der Waals surface area contributed by atoms with Crippen LogP contribution >= 0.6 is 38.5 Å². The van der Waals surface area contributed by atoms with Crippen LogP contribution in [0.2, 0.25) is 0 Å². The topological polar surface area (TPSA) is 12.9 Å². The van der Waals surface area contributed by atoms with Gasteiger partial charge in [0.2, 0.25) is 0 Å². The molecular formula is C8H4BrF5IN. The first-order chi connectivity index (χ1) is 7.27. The molecule has 0 aliphatic heterocycles. The number of hydrogen-bond acceptors (Lipinski definition) is 1. The Hall–Kier alpha value is 0.01000. The van der Waals surface area contributed by atoms with Gasteiger partial charge in [-0.05, 0) is 28.7 Å². The summed E-state index contributed by atoms with van der Waals surface area (Å²) >= 11 is 4.36. The van der Waals surface area contributed by atoms with Gasteiger partial charge in [-0.2, -0.15) is 13.2 Å². The molecule has 8 heteroatoms. The fourth-order valence-corrected chi connectivity index (χ4v) is 2.71. The molecule has 0 spiro atoms. The van der Waals surface area contributed by atoms with E-state index >= 15 is 0 Å². The van der Waals surface area contributed by atoms with E-state index in [0.29, 0.717) is 6.07 Å². The Morgan fingerprint density at radius 3 is 2.31 bits per heavy atom. The van der Waals surface area contributed by atoms with Crippen LogP contribution in [0.1, 0.15) is 23.4 Å². The number of aromatic nitrogens is 1. The van der Waals surface area contributed by atoms with Gasteiger partial charge in [-0.15, -0.1) is 0 Å². The summed E-state index contributed by atoms with van der Waals surface area (Å²) in [7, 11) is 0. The van der Waals surface area contributed by atoms with E-state index in [9.17, 15) is 22.0 Å². The zero-order chi connectivity index (χ0) is 12.5. The lowest BCUT2D eigenvalue weighted by Gasteiger charge is -2.13. The molecule has 0 saturated carbocycles. The fourth-order valence-electron chi connectivity index (χ4n) is 1.01. The molecule has 0 aromatic carbocycles. The standard InChI is InChI=1S/C8H4BrF5IN/c9-2-5-6(15)3(8(12,13)14)1-4(16-5)7(10)11/h1,7H,2H2. The van der Waals surface area contributed by atoms with Gasteiger partial charge in [-0.25, -0.2) is 13.8 Å². The third-order valence-electron chi connectivity index (χ3n) is 1.70. The lowest BCUT2D eigenvalue weighted by Crippen LogP contribution is -2.12. The third-order valence-corrected chi connectivity index (χ3v) is 3.44. The predicted octanol–water partition coefficient (Wildman–Crippen LogP) is 4.54. The van der Waals surface area contributed by atoms with Crippen molar-refractivity contribution in [2.45, 2.75) is 17.9 Å². The molecule has 90 valence electrons. The van der Waals surface area contributed by atoms with Gasteiger partial charge in [-0.3, -0.25) is 0 Å². The molecule has 0 radical (unpaired) electrons. The van der Waals surface area contributed by atoms with Crippen LogP contribution in [-0.4, -0.2) is 4.98 Å². The number of hydrogen-bond donors (Lipinski definition) is 0. The molecule has 0 aliphatic rings. The van der Waals surface area contributed by atoms with E-state index in [1.807, 2.05) is 0 Å². The highest BCUT2D eigenvalue weighted by Gasteiger charge is 2.35. The molecule has 0 saturated heterocycles. The summed E-state index contributed by atoms with van der Waals surface area (Å²) in [5, 5.41) is -0.00505. The second kappa shape index (κ2) is 5.11. The molecule has 1 aromatic rings. The molecule has 16 heavy (non-hydrogen) atoms. The van der Waals surface area contributed by atoms with Crippen LogP contribution in [0.3, 0.4) is 0 Å². The first-order valence-electron chi connectivity index (χ1n) is 3.88. The van der Waals surface area contributed by atoms with Crippen molar-refractivity contribution in [3.8, 4) is 0 Å². The molecule has 1 heterocycles. The minimum atomic E-state index is -4.65. The Labute approximate surface area is 110 Å². The van der Waals surface area contributed by atoms with Crippen LogP contribution in [0.4, 0.5) is 22.0 Å². The number of rotatable bonds is 2. The maximum absolute atomic E-state index is 12.5. The Morgan fingerprint density at radius 1 is 1.38 bits per heavy atom. The lowest BCUT2D eigenvalue weighted by molar-refractivity contribution is -0.138. The number of halogens is 7. The van der Waals surface area contributed by atoms with Crippen molar-refractivity contribution in [3.05, 3.63) is 26.6 Å². The molecule has 0 amide bonds. The Kier molecular flexibility index (Phi) is 4.49. The zero-order valence-electron chi connectivity index (χ0n) is 7.45. The number of pyridine rings is 1. The van der Waals surface area contributed by atoms with E-state index in [-0.39, 0.29) is 14.6 Å². The monoisotopic (exact) mass is 415 g/mol. The van der Waals surface area contributed by atoms with Gasteiger partial charge < -0.3 is 0 Å². The van der Waals surface area contributed by atoms with Crippen LogP contribution in [0.5, 0.6) is 0 Å². The maximum atomic E-state index is 12.5. The highest BCUT2D eigenvalue weighted by molar-refractivity contribution is 14.1. The Bertz CT molecular complexity index is 393. The molecule has 1 nitrogen and oxygen atoms in total. The van der Waals surface area contributed by atoms with Crippen molar-refractivity contribution in [3.63, 3.8) is 0 Å². The van der Waals surface area contributed by atoms with Crippen LogP contribution in [0, 0.1) is 3.57 Å². The molecule has 0 aliphatic carbocycles. The molecule has 0 N–H and O–H groups in total. The lowest BCUT2D eigenvalue weighted by atomic mass is 10.2. The average molecular weight is 416 g/mol. The summed E-state index contributed by atoms with van der Waals surface area (Å²) in [5.41, 5.74) is -1.97. The molecular weight excluding hydrogens is 412 g/mol. The fraction of sp³-hybridized carbons (Fsp3) is 0.375. The van der Waals surface area contributed by atoms with Gasteiger partial charge >= 0.3 is 6.18 Å². The van der Waals surface area contributed by atoms with Crippen molar-refractivity contribution in [1.82, 2.24) is 4.98 Å². The summed E-state index contributed by atoms with van der Waals surface area (Å²) in [6.07, 6.45) is -7.67. The molecule has 1 aromatic heterocycles. The molecule has 0 atom stereocenters. The van der Waals surface area contributed by atoms with Crippen LogP contribution < -0.4 is 0 Å². The smallest absolute Gasteiger partial charge is 0.250 e. The van der Waals surface area contributed by atoms with E-state index in [4.69, 9.17) is 0 Å².